The molecule has 0 saturated carbocycles. The van der Waals surface area contributed by atoms with Crippen molar-refractivity contribution in [2.45, 2.75) is 38.2 Å². The first-order chi connectivity index (χ1) is 14.3. The highest BCUT2D eigenvalue weighted by Gasteiger charge is 2.14. The predicted octanol–water partition coefficient (Wildman–Crippen LogP) is 4.31. The maximum absolute atomic E-state index is 13.1. The van der Waals surface area contributed by atoms with Gasteiger partial charge in [0.1, 0.15) is 5.65 Å². The topological polar surface area (TPSA) is 69.3 Å². The Kier molecular flexibility index (Phi) is 5.66. The molecule has 154 valence electrons. The summed E-state index contributed by atoms with van der Waals surface area (Å²) in [7, 11) is 0. The van der Waals surface area contributed by atoms with Crippen LogP contribution in [-0.2, 0) is 12.3 Å². The highest BCUT2D eigenvalue weighted by Crippen LogP contribution is 2.23. The predicted molar refractivity (Wildman–Crippen MR) is 122 cm³/mol. The van der Waals surface area contributed by atoms with Crippen molar-refractivity contribution in [2.24, 2.45) is 5.92 Å². The monoisotopic (exact) mass is 440 g/mol. The highest BCUT2D eigenvalue weighted by atomic mass is 35.5. The third kappa shape index (κ3) is 4.00. The van der Waals surface area contributed by atoms with Crippen molar-refractivity contribution < 1.29 is 0 Å². The van der Waals surface area contributed by atoms with E-state index in [0.717, 1.165) is 5.69 Å². The fourth-order valence-corrected chi connectivity index (χ4v) is 4.46. The lowest BCUT2D eigenvalue weighted by Gasteiger charge is -2.15. The molecule has 3 heterocycles. The Labute approximate surface area is 182 Å². The molecule has 0 spiro atoms. The largest absolute Gasteiger partial charge is 0.287 e. The maximum atomic E-state index is 13.1. The van der Waals surface area contributed by atoms with E-state index in [9.17, 15) is 9.59 Å². The first kappa shape index (κ1) is 20.6. The van der Waals surface area contributed by atoms with Gasteiger partial charge in [-0.2, -0.15) is 0 Å². The van der Waals surface area contributed by atoms with Crippen molar-refractivity contribution in [1.29, 1.82) is 0 Å². The number of nitrogens with zero attached hydrogens (tertiary/aromatic N) is 4. The highest BCUT2D eigenvalue weighted by molar-refractivity contribution is 7.98. The van der Waals surface area contributed by atoms with Gasteiger partial charge in [0, 0.05) is 29.1 Å². The minimum Gasteiger partial charge on any atom is -0.287 e. The van der Waals surface area contributed by atoms with E-state index in [1.54, 1.807) is 33.2 Å². The van der Waals surface area contributed by atoms with Gasteiger partial charge in [0.25, 0.3) is 11.1 Å². The molecule has 0 aliphatic heterocycles. The summed E-state index contributed by atoms with van der Waals surface area (Å²) in [6.45, 7) is 6.53. The van der Waals surface area contributed by atoms with E-state index >= 15 is 0 Å². The van der Waals surface area contributed by atoms with Crippen molar-refractivity contribution in [1.82, 2.24) is 18.9 Å². The zero-order chi connectivity index (χ0) is 21.4. The van der Waals surface area contributed by atoms with Crippen LogP contribution in [0.15, 0.2) is 57.2 Å². The van der Waals surface area contributed by atoms with Gasteiger partial charge in [-0.15, -0.1) is 0 Å². The number of fused-ring (bicyclic) bond motifs is 2. The summed E-state index contributed by atoms with van der Waals surface area (Å²) in [5.74, 6) is 0.704. The maximum Gasteiger partial charge on any atom is 0.262 e. The van der Waals surface area contributed by atoms with Crippen LogP contribution in [-0.4, -0.2) is 18.9 Å². The van der Waals surface area contributed by atoms with Gasteiger partial charge >= 0.3 is 0 Å². The van der Waals surface area contributed by atoms with Gasteiger partial charge in [0.2, 0.25) is 0 Å². The molecular weight excluding hydrogens is 420 g/mol. The summed E-state index contributed by atoms with van der Waals surface area (Å²) in [4.78, 5) is 34.9. The Hall–Kier alpha value is -2.64. The van der Waals surface area contributed by atoms with Crippen LogP contribution in [0, 0.1) is 12.8 Å². The smallest absolute Gasteiger partial charge is 0.262 e. The SMILES string of the molecule is Cc1cccc2nc(CSc3nc4ccc(Cl)cc4c(=O)n3CC(C)C)cc(=O)n12. The van der Waals surface area contributed by atoms with E-state index in [1.165, 1.54) is 11.8 Å². The van der Waals surface area contributed by atoms with Crippen molar-refractivity contribution in [3.8, 4) is 0 Å². The molecule has 0 N–H and O–H groups in total. The lowest BCUT2D eigenvalue weighted by molar-refractivity contribution is 0.475. The van der Waals surface area contributed by atoms with Gasteiger partial charge in [0.15, 0.2) is 5.16 Å². The molecule has 0 atom stereocenters. The Morgan fingerprint density at radius 1 is 1.10 bits per heavy atom. The van der Waals surface area contributed by atoms with Crippen LogP contribution >= 0.6 is 23.4 Å². The lowest BCUT2D eigenvalue weighted by atomic mass is 10.2. The Morgan fingerprint density at radius 2 is 1.90 bits per heavy atom. The Morgan fingerprint density at radius 3 is 2.67 bits per heavy atom. The molecule has 0 amide bonds. The van der Waals surface area contributed by atoms with E-state index in [0.29, 0.717) is 44.7 Å². The molecule has 1 aromatic carbocycles. The average Bonchev–Trinajstić information content (AvgIpc) is 2.69. The van der Waals surface area contributed by atoms with Crippen molar-refractivity contribution >= 4 is 39.9 Å². The van der Waals surface area contributed by atoms with E-state index in [2.05, 4.69) is 18.8 Å². The average molecular weight is 441 g/mol. The van der Waals surface area contributed by atoms with Gasteiger partial charge in [-0.1, -0.05) is 43.3 Å². The number of pyridine rings is 1. The lowest BCUT2D eigenvalue weighted by Crippen LogP contribution is -2.25. The fourth-order valence-electron chi connectivity index (χ4n) is 3.39. The molecule has 3 aromatic heterocycles. The molecule has 0 saturated heterocycles. The zero-order valence-corrected chi connectivity index (χ0v) is 18.5. The third-order valence-electron chi connectivity index (χ3n) is 4.71. The Bertz CT molecular complexity index is 1380. The quantitative estimate of drug-likeness (QED) is 0.341. The number of halogens is 1. The molecule has 0 unspecified atom stereocenters. The minimum atomic E-state index is -0.116. The summed E-state index contributed by atoms with van der Waals surface area (Å²) >= 11 is 7.49. The molecular formula is C22H21ClN4O2S. The molecule has 0 radical (unpaired) electrons. The van der Waals surface area contributed by atoms with Crippen LogP contribution < -0.4 is 11.1 Å². The first-order valence-corrected chi connectivity index (χ1v) is 11.0. The van der Waals surface area contributed by atoms with Crippen molar-refractivity contribution in [2.75, 3.05) is 0 Å². The van der Waals surface area contributed by atoms with Crippen LogP contribution in [0.3, 0.4) is 0 Å². The molecule has 30 heavy (non-hydrogen) atoms. The number of hydrogen-bond donors (Lipinski definition) is 0. The number of thioether (sulfide) groups is 1. The van der Waals surface area contributed by atoms with Crippen LogP contribution in [0.25, 0.3) is 16.6 Å². The second kappa shape index (κ2) is 8.24. The summed E-state index contributed by atoms with van der Waals surface area (Å²) in [5.41, 5.74) is 2.48. The molecule has 0 aliphatic carbocycles. The molecule has 0 bridgehead atoms. The minimum absolute atomic E-state index is 0.110. The van der Waals surface area contributed by atoms with Crippen LogP contribution in [0.4, 0.5) is 0 Å². The molecule has 0 aliphatic rings. The van der Waals surface area contributed by atoms with Crippen LogP contribution in [0.1, 0.15) is 25.2 Å². The number of benzene rings is 1. The van der Waals surface area contributed by atoms with Crippen molar-refractivity contribution in [3.63, 3.8) is 0 Å². The van der Waals surface area contributed by atoms with Gasteiger partial charge in [-0.05, 0) is 43.2 Å². The standard InChI is InChI=1S/C22H21ClN4O2S/c1-13(2)11-26-21(29)17-9-15(23)7-8-18(17)25-22(26)30-12-16-10-20(28)27-14(3)5-4-6-19(27)24-16/h4-10,13H,11-12H2,1-3H3. The molecule has 4 rings (SSSR count). The van der Waals surface area contributed by atoms with E-state index in [4.69, 9.17) is 16.6 Å². The van der Waals surface area contributed by atoms with Crippen LogP contribution in [0.5, 0.6) is 0 Å². The van der Waals surface area contributed by atoms with Crippen molar-refractivity contribution in [3.05, 3.63) is 79.6 Å². The number of rotatable bonds is 5. The summed E-state index contributed by atoms with van der Waals surface area (Å²) < 4.78 is 3.27. The van der Waals surface area contributed by atoms with Gasteiger partial charge in [-0.25, -0.2) is 9.97 Å². The van der Waals surface area contributed by atoms with E-state index in [1.807, 2.05) is 25.1 Å². The van der Waals surface area contributed by atoms with Crippen LogP contribution in [0.2, 0.25) is 5.02 Å². The summed E-state index contributed by atoms with van der Waals surface area (Å²) in [5, 5.41) is 1.62. The number of hydrogen-bond acceptors (Lipinski definition) is 5. The number of aryl methyl sites for hydroxylation is 1. The normalized spacial score (nSPS) is 11.6. The fraction of sp³-hybridized carbons (Fsp3) is 0.273. The zero-order valence-electron chi connectivity index (χ0n) is 16.9. The summed E-state index contributed by atoms with van der Waals surface area (Å²) in [6.07, 6.45) is 0. The molecule has 0 fully saturated rings. The molecule has 4 aromatic rings. The second-order valence-corrected chi connectivity index (χ2v) is 8.98. The van der Waals surface area contributed by atoms with Gasteiger partial charge < -0.3 is 0 Å². The number of aromatic nitrogens is 4. The first-order valence-electron chi connectivity index (χ1n) is 9.64. The summed E-state index contributed by atoms with van der Waals surface area (Å²) in [6, 6.07) is 12.3. The molecule has 8 heteroatoms. The Balaban J connectivity index is 1.75. The van der Waals surface area contributed by atoms with E-state index < -0.39 is 0 Å². The van der Waals surface area contributed by atoms with Gasteiger partial charge in [-0.3, -0.25) is 18.6 Å². The van der Waals surface area contributed by atoms with E-state index in [-0.39, 0.29) is 17.0 Å². The third-order valence-corrected chi connectivity index (χ3v) is 5.96. The van der Waals surface area contributed by atoms with Gasteiger partial charge in [0.05, 0.1) is 16.6 Å². The second-order valence-electron chi connectivity index (χ2n) is 7.60. The molecule has 6 nitrogen and oxygen atoms in total.